The first kappa shape index (κ1) is 25.4. The number of guanidine groups is 1. The highest BCUT2D eigenvalue weighted by Gasteiger charge is 2.50. The minimum absolute atomic E-state index is 0. The highest BCUT2D eigenvalue weighted by atomic mass is 127. The van der Waals surface area contributed by atoms with E-state index in [9.17, 15) is 21.6 Å². The van der Waals surface area contributed by atoms with Crippen LogP contribution in [0.3, 0.4) is 0 Å². The molecule has 2 N–H and O–H groups in total. The van der Waals surface area contributed by atoms with Crippen molar-refractivity contribution in [3.8, 4) is 5.69 Å². The van der Waals surface area contributed by atoms with Crippen molar-refractivity contribution < 1.29 is 21.6 Å². The summed E-state index contributed by atoms with van der Waals surface area (Å²) in [7, 11) is -3.67. The van der Waals surface area contributed by atoms with Crippen LogP contribution in [0.25, 0.3) is 5.69 Å². The third kappa shape index (κ3) is 6.32. The molecule has 0 saturated carbocycles. The summed E-state index contributed by atoms with van der Waals surface area (Å²) in [4.78, 5) is 4.13. The van der Waals surface area contributed by atoms with Gasteiger partial charge in [-0.2, -0.15) is 22.6 Å². The van der Waals surface area contributed by atoms with Gasteiger partial charge in [0.1, 0.15) is 0 Å². The Labute approximate surface area is 196 Å². The molecule has 31 heavy (non-hydrogen) atoms. The molecule has 1 aliphatic rings. The average Bonchev–Trinajstić information content (AvgIpc) is 3.26. The number of benzene rings is 1. The summed E-state index contributed by atoms with van der Waals surface area (Å²) in [6.07, 6.45) is 4.07. The first-order chi connectivity index (χ1) is 14.2. The summed E-state index contributed by atoms with van der Waals surface area (Å²) < 4.78 is 63.2. The summed E-state index contributed by atoms with van der Waals surface area (Å²) >= 11 is 0. The molecule has 0 unspecified atom stereocenters. The molecule has 0 amide bonds. The molecule has 3 rings (SSSR count). The van der Waals surface area contributed by atoms with E-state index in [4.69, 9.17) is 0 Å². The van der Waals surface area contributed by atoms with Crippen LogP contribution >= 0.6 is 24.0 Å². The van der Waals surface area contributed by atoms with Crippen LogP contribution in [0.15, 0.2) is 47.7 Å². The Morgan fingerprint density at radius 1 is 1.23 bits per heavy atom. The van der Waals surface area contributed by atoms with Gasteiger partial charge in [0.2, 0.25) is 0 Å². The number of sulfonamides is 1. The number of piperidine rings is 1. The minimum atomic E-state index is -5.27. The minimum Gasteiger partial charge on any atom is -0.354 e. The van der Waals surface area contributed by atoms with Crippen LogP contribution in [-0.4, -0.2) is 60.2 Å². The Bertz CT molecular complexity index is 957. The summed E-state index contributed by atoms with van der Waals surface area (Å²) in [5, 5.41) is 10.5. The molecular formula is C18H24F3IN6O2S. The van der Waals surface area contributed by atoms with Crippen LogP contribution < -0.4 is 10.6 Å². The molecular weight excluding hydrogens is 548 g/mol. The zero-order valence-electron chi connectivity index (χ0n) is 16.7. The third-order valence-corrected chi connectivity index (χ3v) is 6.45. The van der Waals surface area contributed by atoms with Crippen molar-refractivity contribution in [2.24, 2.45) is 4.99 Å². The molecule has 0 atom stereocenters. The molecule has 0 spiro atoms. The lowest BCUT2D eigenvalue weighted by Crippen LogP contribution is -2.51. The number of nitrogens with zero attached hydrogens (tertiary/aromatic N) is 4. The predicted molar refractivity (Wildman–Crippen MR) is 122 cm³/mol. The van der Waals surface area contributed by atoms with Gasteiger partial charge in [0.15, 0.2) is 5.96 Å². The van der Waals surface area contributed by atoms with Crippen molar-refractivity contribution in [2.45, 2.75) is 30.9 Å². The van der Waals surface area contributed by atoms with Crippen molar-refractivity contribution >= 4 is 40.0 Å². The maximum absolute atomic E-state index is 12.7. The van der Waals surface area contributed by atoms with E-state index in [0.29, 0.717) is 16.8 Å². The van der Waals surface area contributed by atoms with Crippen molar-refractivity contribution in [1.82, 2.24) is 24.7 Å². The zero-order valence-corrected chi connectivity index (χ0v) is 19.9. The second-order valence-corrected chi connectivity index (χ2v) is 8.74. The van der Waals surface area contributed by atoms with Gasteiger partial charge < -0.3 is 10.6 Å². The van der Waals surface area contributed by atoms with Gasteiger partial charge >= 0.3 is 15.5 Å². The SMILES string of the molecule is CN=C(NCc1ccc(-n2cccn2)cc1)NC1CCN(S(=O)(=O)C(F)(F)F)CC1.I. The van der Waals surface area contributed by atoms with Crippen LogP contribution in [-0.2, 0) is 16.6 Å². The topological polar surface area (TPSA) is 91.6 Å². The quantitative estimate of drug-likeness (QED) is 0.327. The number of halogens is 4. The summed E-state index contributed by atoms with van der Waals surface area (Å²) in [6, 6.07) is 9.47. The number of aliphatic imine (C=N–C) groups is 1. The maximum Gasteiger partial charge on any atom is 0.511 e. The third-order valence-electron chi connectivity index (χ3n) is 4.82. The molecule has 1 fully saturated rings. The monoisotopic (exact) mass is 572 g/mol. The fourth-order valence-corrected chi connectivity index (χ4v) is 4.13. The summed E-state index contributed by atoms with van der Waals surface area (Å²) in [6.45, 7) is 0.122. The maximum atomic E-state index is 12.7. The Balaban J connectivity index is 0.00000341. The van der Waals surface area contributed by atoms with Crippen LogP contribution in [0.5, 0.6) is 0 Å². The smallest absolute Gasteiger partial charge is 0.354 e. The first-order valence-electron chi connectivity index (χ1n) is 9.33. The molecule has 13 heteroatoms. The molecule has 1 aromatic carbocycles. The van der Waals surface area contributed by atoms with Crippen molar-refractivity contribution in [3.05, 3.63) is 48.3 Å². The van der Waals surface area contributed by atoms with E-state index < -0.39 is 15.5 Å². The van der Waals surface area contributed by atoms with Gasteiger partial charge in [-0.15, -0.1) is 24.0 Å². The van der Waals surface area contributed by atoms with Gasteiger partial charge in [-0.1, -0.05) is 12.1 Å². The van der Waals surface area contributed by atoms with Crippen molar-refractivity contribution in [2.75, 3.05) is 20.1 Å². The van der Waals surface area contributed by atoms with E-state index in [1.807, 2.05) is 36.5 Å². The second kappa shape index (κ2) is 10.6. The van der Waals surface area contributed by atoms with Gasteiger partial charge in [0.25, 0.3) is 0 Å². The fourth-order valence-electron chi connectivity index (χ4n) is 3.15. The Morgan fingerprint density at radius 2 is 1.87 bits per heavy atom. The highest BCUT2D eigenvalue weighted by Crippen LogP contribution is 2.28. The Kier molecular flexibility index (Phi) is 8.71. The van der Waals surface area contributed by atoms with Gasteiger partial charge in [-0.05, 0) is 36.6 Å². The van der Waals surface area contributed by atoms with E-state index in [0.717, 1.165) is 11.3 Å². The normalized spacial score (nSPS) is 16.6. The molecule has 2 heterocycles. The molecule has 8 nitrogen and oxygen atoms in total. The Morgan fingerprint density at radius 3 is 2.39 bits per heavy atom. The average molecular weight is 572 g/mol. The van der Waals surface area contributed by atoms with Crippen LogP contribution in [0.1, 0.15) is 18.4 Å². The van der Waals surface area contributed by atoms with Crippen molar-refractivity contribution in [3.63, 3.8) is 0 Å². The Hall–Kier alpha value is -1.87. The molecule has 0 bridgehead atoms. The van der Waals surface area contributed by atoms with Crippen LogP contribution in [0.2, 0.25) is 0 Å². The standard InChI is InChI=1S/C18H23F3N6O2S.HI/c1-22-17(23-13-14-3-5-16(6-4-14)27-10-2-9-24-27)25-15-7-11-26(12-8-15)30(28,29)18(19,20)21;/h2-6,9-10,15H,7-8,11-13H2,1H3,(H2,22,23,25);1H. The fraction of sp³-hybridized carbons (Fsp3) is 0.444. The highest BCUT2D eigenvalue weighted by molar-refractivity contribution is 14.0. The second-order valence-electron chi connectivity index (χ2n) is 6.81. The van der Waals surface area contributed by atoms with Gasteiger partial charge in [0, 0.05) is 45.1 Å². The molecule has 0 radical (unpaired) electrons. The number of rotatable bonds is 5. The van der Waals surface area contributed by atoms with E-state index in [1.54, 1.807) is 17.9 Å². The van der Waals surface area contributed by atoms with Crippen LogP contribution in [0, 0.1) is 0 Å². The molecule has 1 saturated heterocycles. The molecule has 2 aromatic rings. The van der Waals surface area contributed by atoms with Gasteiger partial charge in [0.05, 0.1) is 5.69 Å². The number of hydrogen-bond acceptors (Lipinski definition) is 4. The predicted octanol–water partition coefficient (Wildman–Crippen LogP) is 2.47. The van der Waals surface area contributed by atoms with E-state index in [2.05, 4.69) is 20.7 Å². The van der Waals surface area contributed by atoms with Crippen molar-refractivity contribution in [1.29, 1.82) is 0 Å². The van der Waals surface area contributed by atoms with E-state index in [-0.39, 0.29) is 55.9 Å². The lowest BCUT2D eigenvalue weighted by molar-refractivity contribution is -0.0494. The van der Waals surface area contributed by atoms with Gasteiger partial charge in [-0.3, -0.25) is 4.99 Å². The molecule has 172 valence electrons. The number of nitrogens with one attached hydrogen (secondary N) is 2. The summed E-state index contributed by atoms with van der Waals surface area (Å²) in [5.74, 6) is 0.503. The number of alkyl halides is 3. The zero-order chi connectivity index (χ0) is 21.8. The van der Waals surface area contributed by atoms with Gasteiger partial charge in [-0.25, -0.2) is 13.1 Å². The largest absolute Gasteiger partial charge is 0.511 e. The molecule has 1 aliphatic heterocycles. The summed E-state index contributed by atoms with van der Waals surface area (Å²) in [5.41, 5.74) is -3.32. The van der Waals surface area contributed by atoms with E-state index >= 15 is 0 Å². The lowest BCUT2D eigenvalue weighted by Gasteiger charge is -2.32. The lowest BCUT2D eigenvalue weighted by atomic mass is 10.1. The number of aromatic nitrogens is 2. The number of hydrogen-bond donors (Lipinski definition) is 2. The van der Waals surface area contributed by atoms with Crippen LogP contribution in [0.4, 0.5) is 13.2 Å². The molecule has 0 aliphatic carbocycles. The van der Waals surface area contributed by atoms with E-state index in [1.165, 1.54) is 0 Å². The molecule has 1 aromatic heterocycles. The first-order valence-corrected chi connectivity index (χ1v) is 10.8.